The lowest BCUT2D eigenvalue weighted by Gasteiger charge is -2.25. The summed E-state index contributed by atoms with van der Waals surface area (Å²) in [6.07, 6.45) is 0.584. The molecule has 11 nitrogen and oxygen atoms in total. The molecule has 1 aliphatic heterocycles. The molecule has 6 rings (SSSR count). The summed E-state index contributed by atoms with van der Waals surface area (Å²) in [7, 11) is 3.38. The standard InChI is InChI=1S/C29H27F2N9O2/c1-39-13-12-19(38-39)18-8-6-9-20(26(18)41-2)34-21-15-23(35-22-10-5-7-17(16-32)33-22)36-28-25(21)37-29(27(30)31)40(28)24-11-3-4-14-42-24/h5-10,12-13,15,24,27H,3-4,11,14H2,1-2H3,(H2,33,34,35,36). The maximum absolute atomic E-state index is 14.4. The summed E-state index contributed by atoms with van der Waals surface area (Å²) < 4.78 is 43.6. The summed E-state index contributed by atoms with van der Waals surface area (Å²) in [6.45, 7) is 0.457. The normalized spacial score (nSPS) is 15.1. The molecular weight excluding hydrogens is 544 g/mol. The number of ether oxygens (including phenoxy) is 2. The number of aryl methyl sites for hydroxylation is 1. The Labute approximate surface area is 239 Å². The van der Waals surface area contributed by atoms with E-state index in [-0.39, 0.29) is 16.9 Å². The van der Waals surface area contributed by atoms with Crippen LogP contribution in [0.5, 0.6) is 5.75 Å². The van der Waals surface area contributed by atoms with Gasteiger partial charge in [0.05, 0.1) is 24.2 Å². The zero-order valence-electron chi connectivity index (χ0n) is 22.9. The maximum atomic E-state index is 14.4. The first-order chi connectivity index (χ1) is 20.4. The molecule has 1 saturated heterocycles. The van der Waals surface area contributed by atoms with E-state index in [2.05, 4.69) is 30.7 Å². The van der Waals surface area contributed by atoms with E-state index < -0.39 is 18.5 Å². The molecule has 5 heterocycles. The predicted octanol–water partition coefficient (Wildman–Crippen LogP) is 6.23. The molecule has 2 N–H and O–H groups in total. The number of aromatic nitrogens is 6. The van der Waals surface area contributed by atoms with E-state index in [1.807, 2.05) is 43.6 Å². The van der Waals surface area contributed by atoms with Gasteiger partial charge in [0.1, 0.15) is 35.1 Å². The molecule has 0 saturated carbocycles. The zero-order valence-corrected chi connectivity index (χ0v) is 22.9. The number of pyridine rings is 2. The molecule has 0 aliphatic carbocycles. The molecule has 1 unspecified atom stereocenters. The van der Waals surface area contributed by atoms with Crippen molar-refractivity contribution in [2.24, 2.45) is 7.05 Å². The van der Waals surface area contributed by atoms with Crippen LogP contribution >= 0.6 is 0 Å². The Morgan fingerprint density at radius 1 is 1.05 bits per heavy atom. The van der Waals surface area contributed by atoms with Crippen LogP contribution in [-0.2, 0) is 11.8 Å². The van der Waals surface area contributed by atoms with Crippen LogP contribution < -0.4 is 15.4 Å². The Kier molecular flexibility index (Phi) is 7.37. The smallest absolute Gasteiger partial charge is 0.295 e. The number of para-hydroxylation sites is 1. The highest BCUT2D eigenvalue weighted by molar-refractivity contribution is 5.92. The lowest BCUT2D eigenvalue weighted by atomic mass is 10.1. The van der Waals surface area contributed by atoms with Gasteiger partial charge in [0.15, 0.2) is 17.2 Å². The summed E-state index contributed by atoms with van der Waals surface area (Å²) in [5.74, 6) is 0.771. The highest BCUT2D eigenvalue weighted by atomic mass is 19.3. The fourth-order valence-electron chi connectivity index (χ4n) is 5.06. The van der Waals surface area contributed by atoms with Crippen molar-refractivity contribution in [1.29, 1.82) is 5.26 Å². The van der Waals surface area contributed by atoms with Crippen LogP contribution in [0.2, 0.25) is 0 Å². The molecule has 0 amide bonds. The number of methoxy groups -OCH3 is 1. The van der Waals surface area contributed by atoms with Crippen molar-refractivity contribution >= 4 is 34.2 Å². The molecule has 214 valence electrons. The van der Waals surface area contributed by atoms with E-state index in [1.165, 1.54) is 4.57 Å². The second-order valence-corrected chi connectivity index (χ2v) is 9.72. The molecule has 1 atom stereocenters. The van der Waals surface area contributed by atoms with Crippen molar-refractivity contribution in [1.82, 2.24) is 29.3 Å². The topological polar surface area (TPSA) is 128 Å². The molecule has 4 aromatic heterocycles. The molecule has 0 spiro atoms. The third kappa shape index (κ3) is 5.19. The van der Waals surface area contributed by atoms with Crippen molar-refractivity contribution in [3.63, 3.8) is 0 Å². The minimum atomic E-state index is -2.86. The van der Waals surface area contributed by atoms with E-state index >= 15 is 0 Å². The van der Waals surface area contributed by atoms with E-state index in [4.69, 9.17) is 9.47 Å². The number of nitriles is 1. The monoisotopic (exact) mass is 571 g/mol. The highest BCUT2D eigenvalue weighted by Crippen LogP contribution is 2.40. The number of nitrogens with zero attached hydrogens (tertiary/aromatic N) is 7. The lowest BCUT2D eigenvalue weighted by Crippen LogP contribution is -2.20. The Hall–Kier alpha value is -5.09. The van der Waals surface area contributed by atoms with Gasteiger partial charge in [-0.05, 0) is 49.6 Å². The average Bonchev–Trinajstić information content (AvgIpc) is 3.61. The van der Waals surface area contributed by atoms with Crippen molar-refractivity contribution < 1.29 is 18.3 Å². The third-order valence-corrected chi connectivity index (χ3v) is 6.91. The van der Waals surface area contributed by atoms with Gasteiger partial charge < -0.3 is 20.1 Å². The summed E-state index contributed by atoms with van der Waals surface area (Å²) in [5.41, 5.74) is 3.13. The van der Waals surface area contributed by atoms with Crippen molar-refractivity contribution in [2.75, 3.05) is 24.4 Å². The second kappa shape index (κ2) is 11.4. The number of benzene rings is 1. The largest absolute Gasteiger partial charge is 0.494 e. The summed E-state index contributed by atoms with van der Waals surface area (Å²) in [5, 5.41) is 20.2. The molecule has 13 heteroatoms. The number of hydrogen-bond acceptors (Lipinski definition) is 9. The summed E-state index contributed by atoms with van der Waals surface area (Å²) in [4.78, 5) is 13.3. The van der Waals surface area contributed by atoms with Gasteiger partial charge in [0, 0.05) is 31.5 Å². The Balaban J connectivity index is 1.51. The van der Waals surface area contributed by atoms with Crippen LogP contribution in [0.4, 0.5) is 31.8 Å². The number of imidazole rings is 1. The van der Waals surface area contributed by atoms with Gasteiger partial charge in [-0.1, -0.05) is 12.1 Å². The van der Waals surface area contributed by atoms with E-state index in [0.717, 1.165) is 18.4 Å². The molecule has 5 aromatic rings. The molecular formula is C29H27F2N9O2. The van der Waals surface area contributed by atoms with E-state index in [1.54, 1.807) is 36.1 Å². The van der Waals surface area contributed by atoms with Gasteiger partial charge >= 0.3 is 0 Å². The first kappa shape index (κ1) is 27.1. The number of hydrogen-bond donors (Lipinski definition) is 2. The summed E-state index contributed by atoms with van der Waals surface area (Å²) >= 11 is 0. The number of nitrogens with one attached hydrogen (secondary N) is 2. The van der Waals surface area contributed by atoms with Gasteiger partial charge in [-0.15, -0.1) is 0 Å². The SMILES string of the molecule is COc1c(Nc2cc(Nc3cccc(C#N)n3)nc3c2nc(C(F)F)n3C2CCCCO2)cccc1-c1ccn(C)n1. The molecule has 42 heavy (non-hydrogen) atoms. The van der Waals surface area contributed by atoms with E-state index in [9.17, 15) is 14.0 Å². The first-order valence-electron chi connectivity index (χ1n) is 13.4. The molecule has 1 aliphatic rings. The Morgan fingerprint density at radius 2 is 1.90 bits per heavy atom. The van der Waals surface area contributed by atoms with Gasteiger partial charge in [-0.3, -0.25) is 9.25 Å². The highest BCUT2D eigenvalue weighted by Gasteiger charge is 2.29. The van der Waals surface area contributed by atoms with Gasteiger partial charge in [-0.2, -0.15) is 10.4 Å². The van der Waals surface area contributed by atoms with Gasteiger partial charge in [0.25, 0.3) is 6.43 Å². The van der Waals surface area contributed by atoms with Crippen molar-refractivity contribution in [2.45, 2.75) is 31.9 Å². The molecule has 0 radical (unpaired) electrons. The minimum absolute atomic E-state index is 0.219. The van der Waals surface area contributed by atoms with Gasteiger partial charge in [0.2, 0.25) is 0 Å². The summed E-state index contributed by atoms with van der Waals surface area (Å²) in [6, 6.07) is 16.1. The quantitative estimate of drug-likeness (QED) is 0.223. The number of anilines is 4. The predicted molar refractivity (Wildman–Crippen MR) is 152 cm³/mol. The van der Waals surface area contributed by atoms with Crippen LogP contribution in [0, 0.1) is 11.3 Å². The van der Waals surface area contributed by atoms with Crippen LogP contribution in [0.3, 0.4) is 0 Å². The second-order valence-electron chi connectivity index (χ2n) is 9.72. The van der Waals surface area contributed by atoms with E-state index in [0.29, 0.717) is 47.5 Å². The first-order valence-corrected chi connectivity index (χ1v) is 13.4. The Bertz CT molecular complexity index is 1790. The van der Waals surface area contributed by atoms with Crippen LogP contribution in [0.15, 0.2) is 54.7 Å². The van der Waals surface area contributed by atoms with Gasteiger partial charge in [-0.25, -0.2) is 23.7 Å². The minimum Gasteiger partial charge on any atom is -0.494 e. The fourth-order valence-corrected chi connectivity index (χ4v) is 5.06. The average molecular weight is 572 g/mol. The number of fused-ring (bicyclic) bond motifs is 1. The Morgan fingerprint density at radius 3 is 2.62 bits per heavy atom. The fraction of sp³-hybridized carbons (Fsp3) is 0.276. The van der Waals surface area contributed by atoms with Crippen molar-refractivity contribution in [3.8, 4) is 23.1 Å². The molecule has 0 bridgehead atoms. The number of rotatable bonds is 8. The zero-order chi connectivity index (χ0) is 29.2. The van der Waals surface area contributed by atoms with Crippen LogP contribution in [0.1, 0.15) is 43.4 Å². The van der Waals surface area contributed by atoms with Crippen LogP contribution in [0.25, 0.3) is 22.4 Å². The number of alkyl halides is 2. The molecule has 1 aromatic carbocycles. The lowest BCUT2D eigenvalue weighted by molar-refractivity contribution is -0.0363. The number of halogens is 2. The maximum Gasteiger partial charge on any atom is 0.295 e. The van der Waals surface area contributed by atoms with Crippen LogP contribution in [-0.4, -0.2) is 43.0 Å². The third-order valence-electron chi connectivity index (χ3n) is 6.91. The van der Waals surface area contributed by atoms with Crippen molar-refractivity contribution in [3.05, 3.63) is 66.2 Å². The molecule has 1 fully saturated rings.